The van der Waals surface area contributed by atoms with E-state index in [1.807, 2.05) is 0 Å². The number of aryl methyl sites for hydroxylation is 1. The molecular formula is C25H32BrN. The molecule has 3 aromatic rings. The third-order valence-corrected chi connectivity index (χ3v) is 6.28. The Morgan fingerprint density at radius 2 is 1.41 bits per heavy atom. The van der Waals surface area contributed by atoms with Gasteiger partial charge in [0.25, 0.3) is 0 Å². The highest BCUT2D eigenvalue weighted by Gasteiger charge is 2.08. The van der Waals surface area contributed by atoms with Gasteiger partial charge >= 0.3 is 0 Å². The number of aromatic nitrogens is 1. The number of halogens is 1. The van der Waals surface area contributed by atoms with Gasteiger partial charge in [-0.3, -0.25) is 0 Å². The molecule has 27 heavy (non-hydrogen) atoms. The lowest BCUT2D eigenvalue weighted by atomic mass is 9.99. The Morgan fingerprint density at radius 3 is 2.15 bits per heavy atom. The van der Waals surface area contributed by atoms with Crippen LogP contribution in [0, 0.1) is 0 Å². The number of hydrogen-bond donors (Lipinski definition) is 0. The van der Waals surface area contributed by atoms with Gasteiger partial charge in [-0.25, -0.2) is 4.98 Å². The van der Waals surface area contributed by atoms with Gasteiger partial charge in [-0.05, 0) is 42.7 Å². The molecule has 0 spiro atoms. The fourth-order valence-electron chi connectivity index (χ4n) is 3.92. The Bertz CT molecular complexity index is 855. The average Bonchev–Trinajstić information content (AvgIpc) is 2.69. The van der Waals surface area contributed by atoms with E-state index in [0.29, 0.717) is 0 Å². The molecule has 0 aliphatic rings. The second-order valence-corrected chi connectivity index (χ2v) is 8.56. The molecule has 1 aromatic heterocycles. The molecule has 0 amide bonds. The van der Waals surface area contributed by atoms with E-state index < -0.39 is 0 Å². The van der Waals surface area contributed by atoms with Gasteiger partial charge < -0.3 is 0 Å². The molecule has 0 radical (unpaired) electrons. The van der Waals surface area contributed by atoms with E-state index in [9.17, 15) is 0 Å². The highest BCUT2D eigenvalue weighted by Crippen LogP contribution is 2.30. The van der Waals surface area contributed by atoms with Crippen LogP contribution in [0.15, 0.2) is 46.9 Å². The number of para-hydroxylation sites is 1. The zero-order valence-corrected chi connectivity index (χ0v) is 18.2. The summed E-state index contributed by atoms with van der Waals surface area (Å²) in [5.41, 5.74) is 3.61. The van der Waals surface area contributed by atoms with Crippen LogP contribution in [-0.4, -0.2) is 4.98 Å². The minimum Gasteiger partial charge on any atom is -0.248 e. The molecule has 0 atom stereocenters. The van der Waals surface area contributed by atoms with Crippen LogP contribution in [0.25, 0.3) is 21.8 Å². The molecule has 0 saturated heterocycles. The van der Waals surface area contributed by atoms with Crippen LogP contribution >= 0.6 is 15.9 Å². The molecule has 2 aromatic carbocycles. The van der Waals surface area contributed by atoms with Gasteiger partial charge in [0.1, 0.15) is 0 Å². The quantitative estimate of drug-likeness (QED) is 0.221. The largest absolute Gasteiger partial charge is 0.248 e. The van der Waals surface area contributed by atoms with Gasteiger partial charge in [-0.2, -0.15) is 0 Å². The summed E-state index contributed by atoms with van der Waals surface area (Å²) in [5.74, 6) is 0. The smallest absolute Gasteiger partial charge is 0.0713 e. The topological polar surface area (TPSA) is 12.9 Å². The van der Waals surface area contributed by atoms with Crippen molar-refractivity contribution in [1.29, 1.82) is 0 Å². The Labute approximate surface area is 172 Å². The summed E-state index contributed by atoms with van der Waals surface area (Å²) in [6, 6.07) is 15.0. The third kappa shape index (κ3) is 5.78. The standard InChI is InChI=1S/C25H32BrN/c1-2-3-4-5-6-7-8-9-10-11-15-21-22-19-20-14-12-13-16-24(20)27-25(22)18-17-23(21)26/h12-14,16-19H,2-11,15H2,1H3. The maximum Gasteiger partial charge on any atom is 0.0713 e. The van der Waals surface area contributed by atoms with Crippen molar-refractivity contribution in [2.24, 2.45) is 0 Å². The third-order valence-electron chi connectivity index (χ3n) is 5.53. The zero-order chi connectivity index (χ0) is 18.9. The van der Waals surface area contributed by atoms with Crippen molar-refractivity contribution in [2.75, 3.05) is 0 Å². The Hall–Kier alpha value is -1.41. The lowest BCUT2D eigenvalue weighted by molar-refractivity contribution is 0.556. The summed E-state index contributed by atoms with van der Waals surface area (Å²) in [7, 11) is 0. The van der Waals surface area contributed by atoms with Crippen LogP contribution in [-0.2, 0) is 6.42 Å². The molecule has 144 valence electrons. The molecular weight excluding hydrogens is 394 g/mol. The van der Waals surface area contributed by atoms with Gasteiger partial charge in [-0.15, -0.1) is 0 Å². The number of rotatable bonds is 11. The van der Waals surface area contributed by atoms with Crippen molar-refractivity contribution in [2.45, 2.75) is 77.6 Å². The van der Waals surface area contributed by atoms with Crippen molar-refractivity contribution < 1.29 is 0 Å². The molecule has 0 bridgehead atoms. The first kappa shape index (κ1) is 20.3. The lowest BCUT2D eigenvalue weighted by Crippen LogP contribution is -1.93. The Balaban J connectivity index is 1.52. The summed E-state index contributed by atoms with van der Waals surface area (Å²) >= 11 is 3.78. The highest BCUT2D eigenvalue weighted by atomic mass is 79.9. The molecule has 1 nitrogen and oxygen atoms in total. The van der Waals surface area contributed by atoms with Crippen molar-refractivity contribution in [3.05, 3.63) is 52.5 Å². The summed E-state index contributed by atoms with van der Waals surface area (Å²) in [6.07, 6.45) is 14.9. The normalized spacial score (nSPS) is 11.5. The molecule has 0 aliphatic carbocycles. The van der Waals surface area contributed by atoms with E-state index in [2.05, 4.69) is 65.3 Å². The molecule has 2 heteroatoms. The van der Waals surface area contributed by atoms with Crippen LogP contribution in [0.2, 0.25) is 0 Å². The molecule has 3 rings (SSSR count). The van der Waals surface area contributed by atoms with E-state index in [0.717, 1.165) is 17.5 Å². The molecule has 0 fully saturated rings. The van der Waals surface area contributed by atoms with Crippen molar-refractivity contribution in [3.8, 4) is 0 Å². The summed E-state index contributed by atoms with van der Waals surface area (Å²) in [5, 5.41) is 2.53. The van der Waals surface area contributed by atoms with Crippen molar-refractivity contribution >= 4 is 37.7 Å². The minimum atomic E-state index is 1.08. The van der Waals surface area contributed by atoms with E-state index >= 15 is 0 Å². The number of nitrogens with zero attached hydrogens (tertiary/aromatic N) is 1. The summed E-state index contributed by atoms with van der Waals surface area (Å²) in [6.45, 7) is 2.28. The number of fused-ring (bicyclic) bond motifs is 2. The number of hydrogen-bond acceptors (Lipinski definition) is 1. The van der Waals surface area contributed by atoms with Gasteiger partial charge in [0.15, 0.2) is 0 Å². The SMILES string of the molecule is CCCCCCCCCCCCc1c(Br)ccc2nc3ccccc3cc12. The molecule has 0 N–H and O–H groups in total. The Kier molecular flexibility index (Phi) is 8.13. The second kappa shape index (κ2) is 10.8. The highest BCUT2D eigenvalue weighted by molar-refractivity contribution is 9.10. The predicted octanol–water partition coefficient (Wildman–Crippen LogP) is 8.61. The van der Waals surface area contributed by atoms with Crippen molar-refractivity contribution in [3.63, 3.8) is 0 Å². The fraction of sp³-hybridized carbons (Fsp3) is 0.480. The van der Waals surface area contributed by atoms with Gasteiger partial charge in [0.2, 0.25) is 0 Å². The van der Waals surface area contributed by atoms with Crippen LogP contribution in [0.1, 0.15) is 76.7 Å². The van der Waals surface area contributed by atoms with E-state index in [-0.39, 0.29) is 0 Å². The van der Waals surface area contributed by atoms with Gasteiger partial charge in [0.05, 0.1) is 11.0 Å². The van der Waals surface area contributed by atoms with E-state index in [1.165, 1.54) is 85.0 Å². The summed E-state index contributed by atoms with van der Waals surface area (Å²) < 4.78 is 1.23. The van der Waals surface area contributed by atoms with Crippen LogP contribution < -0.4 is 0 Å². The van der Waals surface area contributed by atoms with Gasteiger partial charge in [-0.1, -0.05) is 98.8 Å². The maximum atomic E-state index is 4.86. The Morgan fingerprint density at radius 1 is 0.741 bits per heavy atom. The van der Waals surface area contributed by atoms with Crippen molar-refractivity contribution in [1.82, 2.24) is 4.98 Å². The number of benzene rings is 2. The average molecular weight is 426 g/mol. The molecule has 1 heterocycles. The predicted molar refractivity (Wildman–Crippen MR) is 122 cm³/mol. The van der Waals surface area contributed by atoms with Crippen LogP contribution in [0.4, 0.5) is 0 Å². The molecule has 0 saturated carbocycles. The minimum absolute atomic E-state index is 1.08. The van der Waals surface area contributed by atoms with E-state index in [4.69, 9.17) is 4.98 Å². The summed E-state index contributed by atoms with van der Waals surface area (Å²) in [4.78, 5) is 4.86. The lowest BCUT2D eigenvalue weighted by Gasteiger charge is -2.10. The van der Waals surface area contributed by atoms with Crippen LogP contribution in [0.5, 0.6) is 0 Å². The number of pyridine rings is 1. The first-order chi connectivity index (χ1) is 13.3. The number of unbranched alkanes of at least 4 members (excludes halogenated alkanes) is 9. The molecule has 0 aliphatic heterocycles. The first-order valence-electron chi connectivity index (χ1n) is 10.8. The fourth-order valence-corrected chi connectivity index (χ4v) is 4.47. The monoisotopic (exact) mass is 425 g/mol. The van der Waals surface area contributed by atoms with Gasteiger partial charge in [0, 0.05) is 15.2 Å². The van der Waals surface area contributed by atoms with E-state index in [1.54, 1.807) is 0 Å². The second-order valence-electron chi connectivity index (χ2n) is 7.71. The zero-order valence-electron chi connectivity index (χ0n) is 16.6. The molecule has 0 unspecified atom stereocenters. The first-order valence-corrected chi connectivity index (χ1v) is 11.6. The maximum absolute atomic E-state index is 4.86. The van der Waals surface area contributed by atoms with Crippen LogP contribution in [0.3, 0.4) is 0 Å².